The van der Waals surface area contributed by atoms with Crippen molar-refractivity contribution in [2.75, 3.05) is 7.11 Å². The van der Waals surface area contributed by atoms with Crippen molar-refractivity contribution in [2.45, 2.75) is 19.5 Å². The van der Waals surface area contributed by atoms with Gasteiger partial charge in [-0.3, -0.25) is 0 Å². The van der Waals surface area contributed by atoms with Crippen LogP contribution in [0.5, 0.6) is 11.5 Å². The molecule has 0 bridgehead atoms. The summed E-state index contributed by atoms with van der Waals surface area (Å²) in [5.74, 6) is 0.463. The molecule has 0 aliphatic rings. The second kappa shape index (κ2) is 7.03. The number of methoxy groups -OCH3 is 1. The molecule has 5 heteroatoms. The van der Waals surface area contributed by atoms with Gasteiger partial charge >= 0.3 is 0 Å². The van der Waals surface area contributed by atoms with Gasteiger partial charge in [0.25, 0.3) is 0 Å². The van der Waals surface area contributed by atoms with Crippen molar-refractivity contribution in [1.82, 2.24) is 5.32 Å². The normalized spacial score (nSPS) is 12.2. The zero-order valence-electron chi connectivity index (χ0n) is 11.9. The minimum absolute atomic E-state index is 0.0445. The molecule has 0 radical (unpaired) electrons. The van der Waals surface area contributed by atoms with E-state index in [2.05, 4.69) is 5.32 Å². The zero-order chi connectivity index (χ0) is 15.4. The highest BCUT2D eigenvalue weighted by molar-refractivity contribution is 6.31. The Bertz CT molecular complexity index is 632. The largest absolute Gasteiger partial charge is 0.504 e. The summed E-state index contributed by atoms with van der Waals surface area (Å²) in [5.41, 5.74) is 1.69. The van der Waals surface area contributed by atoms with Gasteiger partial charge in [0.05, 0.1) is 7.11 Å². The lowest BCUT2D eigenvalue weighted by molar-refractivity contribution is 0.369. The molecule has 0 unspecified atom stereocenters. The minimum Gasteiger partial charge on any atom is -0.504 e. The average molecular weight is 326 g/mol. The van der Waals surface area contributed by atoms with Crippen molar-refractivity contribution in [3.63, 3.8) is 0 Å². The molecule has 0 amide bonds. The summed E-state index contributed by atoms with van der Waals surface area (Å²) in [6, 6.07) is 11.0. The monoisotopic (exact) mass is 325 g/mol. The summed E-state index contributed by atoms with van der Waals surface area (Å²) in [4.78, 5) is 0. The second-order valence-electron chi connectivity index (χ2n) is 4.74. The lowest BCUT2D eigenvalue weighted by atomic mass is 10.1. The minimum atomic E-state index is 0.0445. The number of aromatic hydroxyl groups is 1. The third-order valence-electron chi connectivity index (χ3n) is 3.31. The first-order chi connectivity index (χ1) is 10.0. The van der Waals surface area contributed by atoms with E-state index in [1.165, 1.54) is 7.11 Å². The number of phenols is 1. The Morgan fingerprint density at radius 3 is 2.62 bits per heavy atom. The molecule has 1 atom stereocenters. The van der Waals surface area contributed by atoms with Gasteiger partial charge in [0.2, 0.25) is 0 Å². The van der Waals surface area contributed by atoms with Gasteiger partial charge in [-0.2, -0.15) is 0 Å². The summed E-state index contributed by atoms with van der Waals surface area (Å²) in [6.45, 7) is 2.47. The molecule has 0 fully saturated rings. The van der Waals surface area contributed by atoms with Gasteiger partial charge in [0, 0.05) is 34.3 Å². The van der Waals surface area contributed by atoms with Crippen molar-refractivity contribution in [2.24, 2.45) is 0 Å². The fourth-order valence-corrected chi connectivity index (χ4v) is 2.65. The third kappa shape index (κ3) is 3.82. The highest BCUT2D eigenvalue weighted by Gasteiger charge is 2.13. The van der Waals surface area contributed by atoms with Gasteiger partial charge in [0.1, 0.15) is 0 Å². The highest BCUT2D eigenvalue weighted by atomic mass is 35.5. The number of phenolic OH excluding ortho intramolecular Hbond substituents is 1. The van der Waals surface area contributed by atoms with Crippen LogP contribution in [0, 0.1) is 0 Å². The molecule has 0 saturated carbocycles. The van der Waals surface area contributed by atoms with E-state index in [1.54, 1.807) is 12.1 Å². The van der Waals surface area contributed by atoms with Crippen LogP contribution in [-0.4, -0.2) is 12.2 Å². The molecule has 2 N–H and O–H groups in total. The van der Waals surface area contributed by atoms with Crippen LogP contribution in [0.25, 0.3) is 0 Å². The molecular weight excluding hydrogens is 309 g/mol. The van der Waals surface area contributed by atoms with Crippen LogP contribution in [0.3, 0.4) is 0 Å². The Hall–Kier alpha value is -1.42. The van der Waals surface area contributed by atoms with Gasteiger partial charge in [-0.25, -0.2) is 0 Å². The van der Waals surface area contributed by atoms with Gasteiger partial charge < -0.3 is 15.2 Å². The Morgan fingerprint density at radius 2 is 1.95 bits per heavy atom. The van der Waals surface area contributed by atoms with Crippen LogP contribution in [0.2, 0.25) is 10.0 Å². The Kier molecular flexibility index (Phi) is 5.34. The number of nitrogens with one attached hydrogen (secondary N) is 1. The molecule has 0 aromatic heterocycles. The smallest absolute Gasteiger partial charge is 0.162 e. The number of benzene rings is 2. The van der Waals surface area contributed by atoms with Gasteiger partial charge in [-0.05, 0) is 24.6 Å². The lowest BCUT2D eigenvalue weighted by Crippen LogP contribution is -2.18. The van der Waals surface area contributed by atoms with Crippen molar-refractivity contribution in [3.8, 4) is 11.5 Å². The van der Waals surface area contributed by atoms with Crippen molar-refractivity contribution in [3.05, 3.63) is 57.6 Å². The summed E-state index contributed by atoms with van der Waals surface area (Å²) < 4.78 is 5.09. The molecule has 21 heavy (non-hydrogen) atoms. The highest BCUT2D eigenvalue weighted by Crippen LogP contribution is 2.33. The van der Waals surface area contributed by atoms with Crippen LogP contribution >= 0.6 is 23.2 Å². The van der Waals surface area contributed by atoms with E-state index in [0.717, 1.165) is 5.56 Å². The molecule has 0 heterocycles. The molecule has 0 aliphatic heterocycles. The number of hydrogen-bond donors (Lipinski definition) is 2. The van der Waals surface area contributed by atoms with Crippen molar-refractivity contribution < 1.29 is 9.84 Å². The van der Waals surface area contributed by atoms with E-state index in [0.29, 0.717) is 27.9 Å². The van der Waals surface area contributed by atoms with Crippen LogP contribution in [0.4, 0.5) is 0 Å². The molecular formula is C16H17Cl2NO2. The van der Waals surface area contributed by atoms with E-state index in [-0.39, 0.29) is 11.8 Å². The quantitative estimate of drug-likeness (QED) is 0.846. The second-order valence-corrected chi connectivity index (χ2v) is 5.58. The fourth-order valence-electron chi connectivity index (χ4n) is 2.12. The third-order valence-corrected chi connectivity index (χ3v) is 3.87. The van der Waals surface area contributed by atoms with Crippen LogP contribution in [-0.2, 0) is 6.54 Å². The standard InChI is InChI=1S/C16H17Cl2NO2/c1-10(13-5-3-4-6-14(13)18)19-9-11-7-12(17)8-15(21-2)16(11)20/h3-8,10,19-20H,9H2,1-2H3/t10-/m1/s1. The van der Waals surface area contributed by atoms with Crippen molar-refractivity contribution >= 4 is 23.2 Å². The Balaban J connectivity index is 2.13. The van der Waals surface area contributed by atoms with Gasteiger partial charge in [-0.1, -0.05) is 41.4 Å². The first-order valence-electron chi connectivity index (χ1n) is 6.56. The Labute approximate surface area is 134 Å². The number of hydrogen-bond acceptors (Lipinski definition) is 3. The summed E-state index contributed by atoms with van der Waals surface area (Å²) in [7, 11) is 1.49. The number of halogens is 2. The zero-order valence-corrected chi connectivity index (χ0v) is 13.4. The predicted molar refractivity (Wildman–Crippen MR) is 86.4 cm³/mol. The van der Waals surface area contributed by atoms with E-state index in [4.69, 9.17) is 27.9 Å². The van der Waals surface area contributed by atoms with Crippen LogP contribution in [0.15, 0.2) is 36.4 Å². The van der Waals surface area contributed by atoms with E-state index in [9.17, 15) is 5.11 Å². The molecule has 2 rings (SSSR count). The fraction of sp³-hybridized carbons (Fsp3) is 0.250. The van der Waals surface area contributed by atoms with Crippen LogP contribution in [0.1, 0.15) is 24.1 Å². The summed E-state index contributed by atoms with van der Waals surface area (Å²) >= 11 is 12.2. The molecule has 0 saturated heterocycles. The maximum absolute atomic E-state index is 10.1. The maximum Gasteiger partial charge on any atom is 0.162 e. The molecule has 2 aromatic rings. The summed E-state index contributed by atoms with van der Waals surface area (Å²) in [6.07, 6.45) is 0. The van der Waals surface area contributed by atoms with Gasteiger partial charge in [-0.15, -0.1) is 0 Å². The number of ether oxygens (including phenoxy) is 1. The number of rotatable bonds is 5. The predicted octanol–water partition coefficient (Wildman–Crippen LogP) is 4.56. The van der Waals surface area contributed by atoms with E-state index < -0.39 is 0 Å². The van der Waals surface area contributed by atoms with Crippen molar-refractivity contribution in [1.29, 1.82) is 0 Å². The summed E-state index contributed by atoms with van der Waals surface area (Å²) in [5, 5.41) is 14.7. The lowest BCUT2D eigenvalue weighted by Gasteiger charge is -2.17. The van der Waals surface area contributed by atoms with Crippen LogP contribution < -0.4 is 10.1 Å². The molecule has 0 spiro atoms. The average Bonchev–Trinajstić information content (AvgIpc) is 2.47. The molecule has 0 aliphatic carbocycles. The molecule has 2 aromatic carbocycles. The van der Waals surface area contributed by atoms with E-state index in [1.807, 2.05) is 31.2 Å². The molecule has 3 nitrogen and oxygen atoms in total. The molecule has 112 valence electrons. The SMILES string of the molecule is COc1cc(Cl)cc(CN[C@H](C)c2ccccc2Cl)c1O. The first-order valence-corrected chi connectivity index (χ1v) is 7.31. The first kappa shape index (κ1) is 16.0. The topological polar surface area (TPSA) is 41.5 Å². The van der Waals surface area contributed by atoms with Gasteiger partial charge in [0.15, 0.2) is 11.5 Å². The maximum atomic E-state index is 10.1. The Morgan fingerprint density at radius 1 is 1.24 bits per heavy atom. The van der Waals surface area contributed by atoms with E-state index >= 15 is 0 Å².